The van der Waals surface area contributed by atoms with Crippen molar-refractivity contribution in [1.82, 2.24) is 4.90 Å². The van der Waals surface area contributed by atoms with E-state index in [0.717, 1.165) is 37.5 Å². The Balaban J connectivity index is 2.41. The van der Waals surface area contributed by atoms with E-state index in [-0.39, 0.29) is 11.3 Å². The summed E-state index contributed by atoms with van der Waals surface area (Å²) >= 11 is 5.16. The van der Waals surface area contributed by atoms with Gasteiger partial charge >= 0.3 is 0 Å². The maximum atomic E-state index is 11.7. The van der Waals surface area contributed by atoms with Gasteiger partial charge in [-0.15, -0.1) is 0 Å². The van der Waals surface area contributed by atoms with Gasteiger partial charge in [-0.2, -0.15) is 0 Å². The molecule has 114 valence electrons. The van der Waals surface area contributed by atoms with Crippen LogP contribution in [0.1, 0.15) is 32.3 Å². The van der Waals surface area contributed by atoms with Crippen LogP contribution in [0.2, 0.25) is 0 Å². The lowest BCUT2D eigenvalue weighted by molar-refractivity contribution is 0.118. The minimum Gasteiger partial charge on any atom is -0.378 e. The summed E-state index contributed by atoms with van der Waals surface area (Å²) in [5.74, 6) is 0.228. The van der Waals surface area contributed by atoms with Crippen molar-refractivity contribution >= 4 is 17.9 Å². The third kappa shape index (κ3) is 4.11. The van der Waals surface area contributed by atoms with E-state index in [1.165, 1.54) is 0 Å². The maximum Gasteiger partial charge on any atom is 0.204 e. The Hall–Kier alpha value is -0.780. The Kier molecular flexibility index (Phi) is 6.79. The van der Waals surface area contributed by atoms with E-state index in [0.29, 0.717) is 11.1 Å². The highest BCUT2D eigenvalue weighted by Gasteiger charge is 2.22. The monoisotopic (exact) mass is 298 g/mol. The van der Waals surface area contributed by atoms with Gasteiger partial charge in [0.1, 0.15) is 4.51 Å². The summed E-state index contributed by atoms with van der Waals surface area (Å²) in [4.78, 5) is 16.0. The minimum atomic E-state index is 0.0438. The molecule has 0 aliphatic rings. The second kappa shape index (κ2) is 7.86. The van der Waals surface area contributed by atoms with Gasteiger partial charge in [-0.05, 0) is 19.5 Å². The molecule has 0 amide bonds. The van der Waals surface area contributed by atoms with Crippen LogP contribution in [-0.4, -0.2) is 51.8 Å². The Morgan fingerprint density at radius 2 is 1.80 bits per heavy atom. The van der Waals surface area contributed by atoms with Crippen molar-refractivity contribution in [3.63, 3.8) is 0 Å². The van der Waals surface area contributed by atoms with Crippen molar-refractivity contribution in [2.75, 3.05) is 51.8 Å². The molecular weight excluding hydrogens is 272 g/mol. The molecule has 0 saturated heterocycles. The van der Waals surface area contributed by atoms with Crippen LogP contribution in [0.25, 0.3) is 0 Å². The van der Waals surface area contributed by atoms with Crippen LogP contribution in [0, 0.1) is 4.51 Å². The van der Waals surface area contributed by atoms with Gasteiger partial charge in [0.05, 0.1) is 18.9 Å². The van der Waals surface area contributed by atoms with Gasteiger partial charge in [-0.1, -0.05) is 33.0 Å². The first-order valence-corrected chi connectivity index (χ1v) is 7.61. The highest BCUT2D eigenvalue weighted by Crippen LogP contribution is 2.27. The number of ether oxygens (including phenoxy) is 1. The summed E-state index contributed by atoms with van der Waals surface area (Å²) < 4.78 is 6.09. The second-order valence-electron chi connectivity index (χ2n) is 5.51. The van der Waals surface area contributed by atoms with Crippen LogP contribution in [0.4, 0.5) is 5.69 Å². The number of hydrogen-bond acceptors (Lipinski definition) is 5. The third-order valence-electron chi connectivity index (χ3n) is 3.61. The average molecular weight is 298 g/mol. The molecule has 0 aliphatic carbocycles. The van der Waals surface area contributed by atoms with Gasteiger partial charge in [0.15, 0.2) is 0 Å². The van der Waals surface area contributed by atoms with Gasteiger partial charge < -0.3 is 14.5 Å². The molecule has 1 aromatic rings. The zero-order valence-corrected chi connectivity index (χ0v) is 14.0. The molecule has 0 aliphatic heterocycles. The van der Waals surface area contributed by atoms with Crippen molar-refractivity contribution < 1.29 is 4.74 Å². The quantitative estimate of drug-likeness (QED) is 0.515. The van der Waals surface area contributed by atoms with Crippen LogP contribution in [0.5, 0.6) is 0 Å². The highest BCUT2D eigenvalue weighted by molar-refractivity contribution is 7.71. The predicted molar refractivity (Wildman–Crippen MR) is 87.3 cm³/mol. The first kappa shape index (κ1) is 17.3. The van der Waals surface area contributed by atoms with Crippen molar-refractivity contribution in [1.29, 1.82) is 0 Å². The van der Waals surface area contributed by atoms with E-state index in [4.69, 9.17) is 17.0 Å². The molecule has 0 bridgehead atoms. The van der Waals surface area contributed by atoms with Gasteiger partial charge in [-0.3, -0.25) is 4.79 Å². The summed E-state index contributed by atoms with van der Waals surface area (Å²) in [5, 5.41) is 0. The zero-order valence-electron chi connectivity index (χ0n) is 13.2. The molecule has 0 unspecified atom stereocenters. The summed E-state index contributed by atoms with van der Waals surface area (Å²) in [6, 6.07) is 0. The molecule has 20 heavy (non-hydrogen) atoms. The lowest BCUT2D eigenvalue weighted by Gasteiger charge is -2.26. The fourth-order valence-corrected chi connectivity index (χ4v) is 2.48. The van der Waals surface area contributed by atoms with E-state index < -0.39 is 0 Å². The molecule has 0 fully saturated rings. The molecule has 5 heteroatoms. The standard InChI is InChI=1S/C15H26N2O2S/c1-6-16(4)7-9-19-10-8-17(5)13-12(11(2)3)14(18)15(13)20/h11H,6-10H2,1-5H3. The zero-order chi connectivity index (χ0) is 15.3. The second-order valence-corrected chi connectivity index (χ2v) is 5.91. The van der Waals surface area contributed by atoms with Crippen LogP contribution in [0.15, 0.2) is 4.79 Å². The smallest absolute Gasteiger partial charge is 0.204 e. The van der Waals surface area contributed by atoms with Gasteiger partial charge in [0, 0.05) is 25.7 Å². The lowest BCUT2D eigenvalue weighted by atomic mass is 9.96. The summed E-state index contributed by atoms with van der Waals surface area (Å²) in [6.45, 7) is 10.3. The molecule has 1 rings (SSSR count). The number of nitrogens with zero attached hydrogens (tertiary/aromatic N) is 2. The van der Waals surface area contributed by atoms with Crippen molar-refractivity contribution in [3.8, 4) is 0 Å². The molecule has 0 radical (unpaired) electrons. The molecule has 1 aromatic carbocycles. The Labute approximate surface area is 127 Å². The van der Waals surface area contributed by atoms with E-state index in [9.17, 15) is 4.79 Å². The fraction of sp³-hybridized carbons (Fsp3) is 0.733. The van der Waals surface area contributed by atoms with Crippen LogP contribution in [-0.2, 0) is 4.74 Å². The molecular formula is C15H26N2O2S. The predicted octanol–water partition coefficient (Wildman–Crippen LogP) is 2.18. The summed E-state index contributed by atoms with van der Waals surface area (Å²) in [7, 11) is 4.05. The van der Waals surface area contributed by atoms with Gasteiger partial charge in [0.2, 0.25) is 5.43 Å². The van der Waals surface area contributed by atoms with Gasteiger partial charge in [-0.25, -0.2) is 0 Å². The lowest BCUT2D eigenvalue weighted by Crippen LogP contribution is -2.32. The van der Waals surface area contributed by atoms with E-state index >= 15 is 0 Å². The number of likely N-dealkylation sites (N-methyl/N-ethyl adjacent to an activating group) is 2. The van der Waals surface area contributed by atoms with Gasteiger partial charge in [0.25, 0.3) is 0 Å². The normalized spacial score (nSPS) is 11.8. The molecule has 0 saturated carbocycles. The van der Waals surface area contributed by atoms with Crippen molar-refractivity contribution in [3.05, 3.63) is 20.3 Å². The summed E-state index contributed by atoms with van der Waals surface area (Å²) in [6.07, 6.45) is 0. The van der Waals surface area contributed by atoms with Crippen LogP contribution >= 0.6 is 12.2 Å². The van der Waals surface area contributed by atoms with Crippen LogP contribution < -0.4 is 10.3 Å². The minimum absolute atomic E-state index is 0.0438. The topological polar surface area (TPSA) is 32.8 Å². The number of hydrogen-bond donors (Lipinski definition) is 0. The van der Waals surface area contributed by atoms with Crippen molar-refractivity contribution in [2.45, 2.75) is 26.7 Å². The third-order valence-corrected chi connectivity index (χ3v) is 3.99. The first-order chi connectivity index (χ1) is 9.40. The molecule has 4 nitrogen and oxygen atoms in total. The van der Waals surface area contributed by atoms with E-state index in [1.54, 1.807) is 0 Å². The average Bonchev–Trinajstić information content (AvgIpc) is 2.41. The first-order valence-electron chi connectivity index (χ1n) is 7.20. The Morgan fingerprint density at radius 1 is 1.20 bits per heavy atom. The highest BCUT2D eigenvalue weighted by atomic mass is 32.1. The molecule has 0 atom stereocenters. The maximum absolute atomic E-state index is 11.7. The number of rotatable bonds is 9. The van der Waals surface area contributed by atoms with E-state index in [2.05, 4.69) is 18.9 Å². The Bertz CT molecular complexity index is 492. The van der Waals surface area contributed by atoms with Crippen LogP contribution in [0.3, 0.4) is 0 Å². The fourth-order valence-electron chi connectivity index (χ4n) is 2.11. The van der Waals surface area contributed by atoms with E-state index in [1.807, 2.05) is 25.8 Å². The molecule has 0 heterocycles. The Morgan fingerprint density at radius 3 is 2.35 bits per heavy atom. The largest absolute Gasteiger partial charge is 0.378 e. The molecule has 0 spiro atoms. The molecule has 0 N–H and O–H groups in total. The summed E-state index contributed by atoms with van der Waals surface area (Å²) in [5.41, 5.74) is 1.85. The van der Waals surface area contributed by atoms with Crippen molar-refractivity contribution in [2.24, 2.45) is 0 Å². The molecule has 0 aromatic heterocycles. The number of anilines is 1. The SMILES string of the molecule is CCN(C)CCOCCN(C)c1c(C(C)C)c(=O)c1=S.